The van der Waals surface area contributed by atoms with E-state index in [2.05, 4.69) is 56.9 Å². The van der Waals surface area contributed by atoms with Gasteiger partial charge in [-0.05, 0) is 31.9 Å². The zero-order valence-electron chi connectivity index (χ0n) is 13.1. The predicted molar refractivity (Wildman–Crippen MR) is 103 cm³/mol. The molecule has 0 radical (unpaired) electrons. The molecule has 0 saturated heterocycles. The Hall–Kier alpha value is -2.46. The molecule has 0 unspecified atom stereocenters. The lowest BCUT2D eigenvalue weighted by Crippen LogP contribution is -2.00. The van der Waals surface area contributed by atoms with Crippen LogP contribution in [0.15, 0.2) is 52.6 Å². The first-order valence-corrected chi connectivity index (χ1v) is 8.47. The second-order valence-corrected chi connectivity index (χ2v) is 6.37. The van der Waals surface area contributed by atoms with Crippen molar-refractivity contribution in [1.29, 1.82) is 5.41 Å². The van der Waals surface area contributed by atoms with Gasteiger partial charge in [0.05, 0.1) is 14.7 Å². The van der Waals surface area contributed by atoms with Gasteiger partial charge in [0.15, 0.2) is 0 Å². The van der Waals surface area contributed by atoms with Crippen LogP contribution in [0, 0.1) is 5.41 Å². The van der Waals surface area contributed by atoms with E-state index >= 15 is 0 Å². The summed E-state index contributed by atoms with van der Waals surface area (Å²) >= 11 is 6.55. The molecule has 25 heavy (non-hydrogen) atoms. The number of nitrogens with two attached hydrogens (primary N) is 1. The topological polar surface area (TPSA) is 119 Å². The Labute approximate surface area is 161 Å². The maximum absolute atomic E-state index is 6.94. The van der Waals surface area contributed by atoms with Crippen LogP contribution in [0.4, 0.5) is 0 Å². The molecule has 0 aliphatic heterocycles. The highest BCUT2D eigenvalue weighted by Gasteiger charge is 2.07. The van der Waals surface area contributed by atoms with Gasteiger partial charge in [-0.15, -0.1) is 0 Å². The van der Waals surface area contributed by atoms with Crippen molar-refractivity contribution in [3.63, 3.8) is 0 Å². The van der Waals surface area contributed by atoms with Gasteiger partial charge in [0, 0.05) is 55.4 Å². The molecule has 0 aliphatic rings. The molecule has 128 valence electrons. The number of allylic oxidation sites excluding steroid dienone is 1. The Bertz CT molecular complexity index is 862. The summed E-state index contributed by atoms with van der Waals surface area (Å²) in [6, 6.07) is 0. The molecular formula is C15H14Br2N8. The first-order valence-electron chi connectivity index (χ1n) is 6.88. The van der Waals surface area contributed by atoms with Crippen molar-refractivity contribution in [3.8, 4) is 11.3 Å². The average Bonchev–Trinajstić information content (AvgIpc) is 3.00. The van der Waals surface area contributed by atoms with E-state index in [1.54, 1.807) is 29.5 Å². The third-order valence-corrected chi connectivity index (χ3v) is 4.11. The van der Waals surface area contributed by atoms with Gasteiger partial charge in [-0.1, -0.05) is 0 Å². The summed E-state index contributed by atoms with van der Waals surface area (Å²) in [5, 5.41) is 11.2. The Balaban J connectivity index is 0.000000181. The number of nitrogens with zero attached hydrogens (tertiary/aromatic N) is 6. The molecule has 0 aromatic carbocycles. The second-order valence-electron chi connectivity index (χ2n) is 4.66. The lowest BCUT2D eigenvalue weighted by molar-refractivity contribution is 0.770. The Morgan fingerprint density at radius 1 is 1.12 bits per heavy atom. The third kappa shape index (κ3) is 5.26. The van der Waals surface area contributed by atoms with E-state index in [4.69, 9.17) is 11.1 Å². The number of aryl methyl sites for hydroxylation is 1. The molecule has 0 saturated carbocycles. The molecule has 3 N–H and O–H groups in total. The number of rotatable bonds is 3. The second kappa shape index (κ2) is 9.14. The molecule has 0 bridgehead atoms. The minimum Gasteiger partial charge on any atom is -0.397 e. The van der Waals surface area contributed by atoms with Crippen molar-refractivity contribution in [3.05, 3.63) is 58.2 Å². The highest BCUT2D eigenvalue weighted by molar-refractivity contribution is 9.12. The zero-order valence-corrected chi connectivity index (χ0v) is 16.3. The first kappa shape index (κ1) is 18.9. The molecule has 3 aromatic rings. The lowest BCUT2D eigenvalue weighted by Gasteiger charge is -1.99. The van der Waals surface area contributed by atoms with Crippen molar-refractivity contribution in [2.24, 2.45) is 12.8 Å². The highest BCUT2D eigenvalue weighted by Crippen LogP contribution is 2.24. The van der Waals surface area contributed by atoms with Crippen LogP contribution in [0.5, 0.6) is 0 Å². The van der Waals surface area contributed by atoms with Gasteiger partial charge < -0.3 is 11.1 Å². The SMILES string of the molecule is Cn1cc(Br)c(-c2cncnc2)n1.N=CC(Br)=C(N)c1cncnc1. The fraction of sp³-hybridized carbons (Fsp3) is 0.0667. The fourth-order valence-corrected chi connectivity index (χ4v) is 2.56. The van der Waals surface area contributed by atoms with Gasteiger partial charge in [-0.3, -0.25) is 4.68 Å². The summed E-state index contributed by atoms with van der Waals surface area (Å²) in [5.74, 6) is 0. The number of hydrogen-bond acceptors (Lipinski definition) is 7. The monoisotopic (exact) mass is 464 g/mol. The van der Waals surface area contributed by atoms with E-state index in [1.165, 1.54) is 12.7 Å². The van der Waals surface area contributed by atoms with E-state index in [-0.39, 0.29) is 0 Å². The number of halogens is 2. The van der Waals surface area contributed by atoms with E-state index < -0.39 is 0 Å². The quantitative estimate of drug-likeness (QED) is 0.574. The molecule has 0 spiro atoms. The minimum atomic E-state index is 0.464. The summed E-state index contributed by atoms with van der Waals surface area (Å²) in [6.07, 6.45) is 12.6. The van der Waals surface area contributed by atoms with E-state index in [1.807, 2.05) is 13.2 Å². The molecular weight excluding hydrogens is 452 g/mol. The molecule has 10 heteroatoms. The molecule has 0 fully saturated rings. The molecule has 0 aliphatic carbocycles. The van der Waals surface area contributed by atoms with Gasteiger partial charge in [-0.25, -0.2) is 19.9 Å². The fourth-order valence-electron chi connectivity index (χ4n) is 1.73. The number of aromatic nitrogens is 6. The van der Waals surface area contributed by atoms with Crippen LogP contribution in [-0.4, -0.2) is 35.9 Å². The maximum Gasteiger partial charge on any atom is 0.115 e. The van der Waals surface area contributed by atoms with Crippen molar-refractivity contribution in [2.45, 2.75) is 0 Å². The lowest BCUT2D eigenvalue weighted by atomic mass is 10.2. The van der Waals surface area contributed by atoms with Crippen LogP contribution in [-0.2, 0) is 7.05 Å². The van der Waals surface area contributed by atoms with Gasteiger partial charge in [0.1, 0.15) is 18.3 Å². The van der Waals surface area contributed by atoms with Gasteiger partial charge >= 0.3 is 0 Å². The molecule has 8 nitrogen and oxygen atoms in total. The largest absolute Gasteiger partial charge is 0.397 e. The molecule has 0 amide bonds. The van der Waals surface area contributed by atoms with Crippen LogP contribution in [0.1, 0.15) is 5.56 Å². The number of hydrogen-bond donors (Lipinski definition) is 2. The molecule has 3 heterocycles. The highest BCUT2D eigenvalue weighted by atomic mass is 79.9. The minimum absolute atomic E-state index is 0.464. The smallest absolute Gasteiger partial charge is 0.115 e. The molecule has 3 aromatic heterocycles. The summed E-state index contributed by atoms with van der Waals surface area (Å²) < 4.78 is 3.22. The van der Waals surface area contributed by atoms with Crippen molar-refractivity contribution >= 4 is 43.8 Å². The van der Waals surface area contributed by atoms with Crippen LogP contribution in [0.2, 0.25) is 0 Å². The average molecular weight is 466 g/mol. The zero-order chi connectivity index (χ0) is 18.2. The third-order valence-electron chi connectivity index (χ3n) is 2.87. The molecule has 0 atom stereocenters. The Kier molecular flexibility index (Phi) is 6.90. The molecule has 3 rings (SSSR count). The van der Waals surface area contributed by atoms with Crippen molar-refractivity contribution in [2.75, 3.05) is 0 Å². The maximum atomic E-state index is 6.94. The van der Waals surface area contributed by atoms with Crippen LogP contribution >= 0.6 is 31.9 Å². The van der Waals surface area contributed by atoms with Crippen molar-refractivity contribution in [1.82, 2.24) is 29.7 Å². The van der Waals surface area contributed by atoms with E-state index in [0.717, 1.165) is 21.9 Å². The van der Waals surface area contributed by atoms with Crippen LogP contribution in [0.25, 0.3) is 17.0 Å². The Morgan fingerprint density at radius 3 is 2.16 bits per heavy atom. The van der Waals surface area contributed by atoms with Gasteiger partial charge in [0.2, 0.25) is 0 Å². The van der Waals surface area contributed by atoms with Crippen LogP contribution < -0.4 is 5.73 Å². The standard InChI is InChI=1S/C8H7BrN4.C7H7BrN4/c1-13-4-7(9)8(12-13)6-2-10-5-11-3-6;8-6(1-9)7(10)5-2-11-4-12-3-5/h2-5H,1H3;1-4,9H,10H2. The normalized spacial score (nSPS) is 11.2. The summed E-state index contributed by atoms with van der Waals surface area (Å²) in [7, 11) is 1.87. The predicted octanol–water partition coefficient (Wildman–Crippen LogP) is 2.79. The van der Waals surface area contributed by atoms with E-state index in [0.29, 0.717) is 15.7 Å². The van der Waals surface area contributed by atoms with Crippen LogP contribution in [0.3, 0.4) is 0 Å². The van der Waals surface area contributed by atoms with Crippen molar-refractivity contribution < 1.29 is 0 Å². The number of nitrogens with one attached hydrogen (secondary N) is 1. The summed E-state index contributed by atoms with van der Waals surface area (Å²) in [4.78, 5) is 15.5. The van der Waals surface area contributed by atoms with Gasteiger partial charge in [-0.2, -0.15) is 5.10 Å². The summed E-state index contributed by atoms with van der Waals surface area (Å²) in [5.41, 5.74) is 8.59. The first-order chi connectivity index (χ1) is 12.0. The van der Waals surface area contributed by atoms with E-state index in [9.17, 15) is 0 Å². The van der Waals surface area contributed by atoms with Gasteiger partial charge in [0.25, 0.3) is 0 Å². The Morgan fingerprint density at radius 2 is 1.68 bits per heavy atom. The summed E-state index contributed by atoms with van der Waals surface area (Å²) in [6.45, 7) is 0.